The molecule has 0 saturated heterocycles. The zero-order valence-electron chi connectivity index (χ0n) is 13.5. The normalized spacial score (nSPS) is 11.1. The molecule has 0 aliphatic heterocycles. The van der Waals surface area contributed by atoms with Gasteiger partial charge in [0.1, 0.15) is 0 Å². The predicted molar refractivity (Wildman–Crippen MR) is 95.5 cm³/mol. The molecule has 0 spiro atoms. The summed E-state index contributed by atoms with van der Waals surface area (Å²) in [5.74, 6) is -0.411. The number of rotatable bonds is 5. The quantitative estimate of drug-likeness (QED) is 0.441. The maximum atomic E-state index is 12.0. The van der Waals surface area contributed by atoms with Crippen LogP contribution < -0.4 is 5.43 Å². The number of hydrazone groups is 1. The number of carbonyl (C=O) groups excluding carboxylic acids is 1. The van der Waals surface area contributed by atoms with Crippen LogP contribution in [0.15, 0.2) is 59.8 Å². The second-order valence-corrected chi connectivity index (χ2v) is 5.57. The summed E-state index contributed by atoms with van der Waals surface area (Å²) in [6, 6.07) is 14.0. The average molecular weight is 336 g/mol. The first-order valence-electron chi connectivity index (χ1n) is 7.64. The average Bonchev–Trinajstić information content (AvgIpc) is 2.92. The number of nitrogens with one attached hydrogen (secondary N) is 1. The SMILES string of the molecule is Cn1cc(C=NNC(=O)Cc2ccccc2[N+](=O)[O-])c2ccccc21. The van der Waals surface area contributed by atoms with Gasteiger partial charge in [0, 0.05) is 41.3 Å². The fourth-order valence-corrected chi connectivity index (χ4v) is 2.70. The number of aryl methyl sites for hydroxylation is 1. The Balaban J connectivity index is 1.70. The van der Waals surface area contributed by atoms with Crippen molar-refractivity contribution in [1.29, 1.82) is 0 Å². The van der Waals surface area contributed by atoms with Gasteiger partial charge in [-0.3, -0.25) is 14.9 Å². The number of nitrogens with zero attached hydrogens (tertiary/aromatic N) is 3. The second kappa shape index (κ2) is 6.96. The number of para-hydroxylation sites is 2. The van der Waals surface area contributed by atoms with E-state index < -0.39 is 10.8 Å². The molecule has 0 aliphatic carbocycles. The maximum absolute atomic E-state index is 12.0. The van der Waals surface area contributed by atoms with E-state index in [1.165, 1.54) is 6.07 Å². The van der Waals surface area contributed by atoms with Gasteiger partial charge < -0.3 is 4.57 Å². The molecular formula is C18H16N4O3. The third kappa shape index (κ3) is 3.55. The Morgan fingerprint density at radius 3 is 2.76 bits per heavy atom. The lowest BCUT2D eigenvalue weighted by Crippen LogP contribution is -2.20. The van der Waals surface area contributed by atoms with Gasteiger partial charge in [-0.2, -0.15) is 5.10 Å². The molecule has 7 heteroatoms. The first kappa shape index (κ1) is 16.4. The van der Waals surface area contributed by atoms with Crippen molar-refractivity contribution < 1.29 is 9.72 Å². The molecule has 0 saturated carbocycles. The van der Waals surface area contributed by atoms with Gasteiger partial charge in [0.2, 0.25) is 5.91 Å². The summed E-state index contributed by atoms with van der Waals surface area (Å²) in [4.78, 5) is 22.5. The number of aromatic nitrogens is 1. The van der Waals surface area contributed by atoms with Crippen molar-refractivity contribution in [2.75, 3.05) is 0 Å². The van der Waals surface area contributed by atoms with Crippen molar-refractivity contribution in [3.63, 3.8) is 0 Å². The van der Waals surface area contributed by atoms with Crippen LogP contribution in [-0.4, -0.2) is 21.6 Å². The highest BCUT2D eigenvalue weighted by Gasteiger charge is 2.15. The lowest BCUT2D eigenvalue weighted by atomic mass is 10.1. The van der Waals surface area contributed by atoms with Gasteiger partial charge in [0.05, 0.1) is 17.6 Å². The predicted octanol–water partition coefficient (Wildman–Crippen LogP) is 2.78. The van der Waals surface area contributed by atoms with E-state index in [1.54, 1.807) is 24.4 Å². The Labute approximate surface area is 143 Å². The number of amides is 1. The van der Waals surface area contributed by atoms with Crippen molar-refractivity contribution >= 4 is 28.7 Å². The molecule has 1 N–H and O–H groups in total. The molecule has 2 aromatic carbocycles. The van der Waals surface area contributed by atoms with Crippen LogP contribution in [0.5, 0.6) is 0 Å². The smallest absolute Gasteiger partial charge is 0.273 e. The Hall–Kier alpha value is -3.48. The Morgan fingerprint density at radius 1 is 1.24 bits per heavy atom. The molecule has 0 radical (unpaired) electrons. The number of carbonyl (C=O) groups is 1. The molecule has 0 fully saturated rings. The first-order chi connectivity index (χ1) is 12.1. The Kier molecular flexibility index (Phi) is 4.56. The molecule has 126 valence electrons. The van der Waals surface area contributed by atoms with E-state index in [9.17, 15) is 14.9 Å². The monoisotopic (exact) mass is 336 g/mol. The van der Waals surface area contributed by atoms with Gasteiger partial charge >= 0.3 is 0 Å². The summed E-state index contributed by atoms with van der Waals surface area (Å²) in [6.07, 6.45) is 3.38. The van der Waals surface area contributed by atoms with Crippen LogP contribution in [0.2, 0.25) is 0 Å². The Morgan fingerprint density at radius 2 is 1.96 bits per heavy atom. The van der Waals surface area contributed by atoms with E-state index in [1.807, 2.05) is 42.1 Å². The van der Waals surface area contributed by atoms with Crippen LogP contribution in [0.4, 0.5) is 5.69 Å². The molecule has 1 aromatic heterocycles. The van der Waals surface area contributed by atoms with Crippen LogP contribution in [-0.2, 0) is 18.3 Å². The summed E-state index contributed by atoms with van der Waals surface area (Å²) in [5.41, 5.74) is 4.64. The van der Waals surface area contributed by atoms with Crippen LogP contribution >= 0.6 is 0 Å². The summed E-state index contributed by atoms with van der Waals surface area (Å²) in [5, 5.41) is 16.0. The van der Waals surface area contributed by atoms with E-state index >= 15 is 0 Å². The van der Waals surface area contributed by atoms with E-state index in [0.717, 1.165) is 16.5 Å². The summed E-state index contributed by atoms with van der Waals surface area (Å²) >= 11 is 0. The minimum atomic E-state index is -0.498. The summed E-state index contributed by atoms with van der Waals surface area (Å²) < 4.78 is 1.98. The number of hydrogen-bond donors (Lipinski definition) is 1. The minimum absolute atomic E-state index is 0.0734. The van der Waals surface area contributed by atoms with Gasteiger partial charge in [0.15, 0.2) is 0 Å². The topological polar surface area (TPSA) is 89.5 Å². The molecule has 1 amide bonds. The van der Waals surface area contributed by atoms with Crippen molar-refractivity contribution in [2.24, 2.45) is 12.1 Å². The lowest BCUT2D eigenvalue weighted by molar-refractivity contribution is -0.385. The van der Waals surface area contributed by atoms with Crippen LogP contribution in [0.25, 0.3) is 10.9 Å². The van der Waals surface area contributed by atoms with Crippen LogP contribution in [0, 0.1) is 10.1 Å². The number of nitro groups is 1. The number of nitro benzene ring substituents is 1. The lowest BCUT2D eigenvalue weighted by Gasteiger charge is -2.01. The fourth-order valence-electron chi connectivity index (χ4n) is 2.70. The van der Waals surface area contributed by atoms with Crippen molar-refractivity contribution in [3.05, 3.63) is 76.0 Å². The third-order valence-electron chi connectivity index (χ3n) is 3.86. The largest absolute Gasteiger partial charge is 0.350 e. The maximum Gasteiger partial charge on any atom is 0.273 e. The third-order valence-corrected chi connectivity index (χ3v) is 3.86. The fraction of sp³-hybridized carbons (Fsp3) is 0.111. The molecule has 1 heterocycles. The molecule has 0 atom stereocenters. The molecule has 0 aliphatic rings. The standard InChI is InChI=1S/C18H16N4O3/c1-21-12-14(15-7-3-5-9-17(15)21)11-19-20-18(23)10-13-6-2-4-8-16(13)22(24)25/h2-9,11-12H,10H2,1H3,(H,20,23). The van der Waals surface area contributed by atoms with E-state index in [4.69, 9.17) is 0 Å². The summed E-state index contributed by atoms with van der Waals surface area (Å²) in [6.45, 7) is 0. The highest BCUT2D eigenvalue weighted by Crippen LogP contribution is 2.19. The molecule has 0 unspecified atom stereocenters. The van der Waals surface area contributed by atoms with Gasteiger partial charge in [-0.25, -0.2) is 5.43 Å². The van der Waals surface area contributed by atoms with E-state index in [-0.39, 0.29) is 12.1 Å². The number of hydrogen-bond acceptors (Lipinski definition) is 4. The van der Waals surface area contributed by atoms with E-state index in [0.29, 0.717) is 5.56 Å². The summed E-state index contributed by atoms with van der Waals surface area (Å²) in [7, 11) is 1.94. The number of benzene rings is 2. The van der Waals surface area contributed by atoms with Crippen LogP contribution in [0.1, 0.15) is 11.1 Å². The van der Waals surface area contributed by atoms with Gasteiger partial charge in [0.25, 0.3) is 5.69 Å². The van der Waals surface area contributed by atoms with Crippen molar-refractivity contribution in [1.82, 2.24) is 9.99 Å². The van der Waals surface area contributed by atoms with E-state index in [2.05, 4.69) is 10.5 Å². The van der Waals surface area contributed by atoms with Crippen LogP contribution in [0.3, 0.4) is 0 Å². The van der Waals surface area contributed by atoms with Gasteiger partial charge in [-0.05, 0) is 6.07 Å². The van der Waals surface area contributed by atoms with Crippen molar-refractivity contribution in [3.8, 4) is 0 Å². The highest BCUT2D eigenvalue weighted by molar-refractivity contribution is 5.99. The zero-order valence-corrected chi connectivity index (χ0v) is 13.5. The molecule has 25 heavy (non-hydrogen) atoms. The minimum Gasteiger partial charge on any atom is -0.350 e. The second-order valence-electron chi connectivity index (χ2n) is 5.57. The molecule has 3 rings (SSSR count). The molecule has 7 nitrogen and oxygen atoms in total. The van der Waals surface area contributed by atoms with Crippen molar-refractivity contribution in [2.45, 2.75) is 6.42 Å². The molecule has 3 aromatic rings. The molecular weight excluding hydrogens is 320 g/mol. The zero-order chi connectivity index (χ0) is 17.8. The first-order valence-corrected chi connectivity index (χ1v) is 7.64. The Bertz CT molecular complexity index is 975. The molecule has 0 bridgehead atoms. The highest BCUT2D eigenvalue weighted by atomic mass is 16.6. The number of fused-ring (bicyclic) bond motifs is 1. The van der Waals surface area contributed by atoms with Gasteiger partial charge in [-0.1, -0.05) is 36.4 Å². The van der Waals surface area contributed by atoms with Gasteiger partial charge in [-0.15, -0.1) is 0 Å².